The van der Waals surface area contributed by atoms with Crippen molar-refractivity contribution in [2.24, 2.45) is 4.99 Å². The molecule has 0 radical (unpaired) electrons. The van der Waals surface area contributed by atoms with E-state index in [1.807, 2.05) is 19.0 Å². The first kappa shape index (κ1) is 24.9. The number of thiazole rings is 1. The molecule has 0 spiro atoms. The van der Waals surface area contributed by atoms with E-state index in [0.29, 0.717) is 12.6 Å². The fraction of sp³-hybridized carbons (Fsp3) is 0.545. The van der Waals surface area contributed by atoms with Crippen LogP contribution in [0.4, 0.5) is 5.13 Å². The molecule has 3 rings (SSSR count). The van der Waals surface area contributed by atoms with Gasteiger partial charge in [0.1, 0.15) is 0 Å². The molecule has 0 aliphatic carbocycles. The molecule has 0 unspecified atom stereocenters. The van der Waals surface area contributed by atoms with Crippen LogP contribution in [0.2, 0.25) is 0 Å². The molecule has 8 heteroatoms. The summed E-state index contributed by atoms with van der Waals surface area (Å²) in [6, 6.07) is 9.17. The molecule has 0 saturated carbocycles. The molecule has 2 N–H and O–H groups in total. The number of benzene rings is 1. The maximum absolute atomic E-state index is 4.76. The Kier molecular flexibility index (Phi) is 10.3. The first-order valence-corrected chi connectivity index (χ1v) is 11.4. The van der Waals surface area contributed by atoms with Crippen molar-refractivity contribution in [2.45, 2.75) is 45.8 Å². The molecular formula is C22H35IN6S. The highest BCUT2D eigenvalue weighted by molar-refractivity contribution is 14.0. The third-order valence-corrected chi connectivity index (χ3v) is 6.31. The van der Waals surface area contributed by atoms with E-state index >= 15 is 0 Å². The highest BCUT2D eigenvalue weighted by atomic mass is 127. The maximum atomic E-state index is 4.76. The number of piperidine rings is 1. The minimum absolute atomic E-state index is 0. The lowest BCUT2D eigenvalue weighted by Crippen LogP contribution is -2.48. The monoisotopic (exact) mass is 542 g/mol. The third-order valence-electron chi connectivity index (χ3n) is 5.25. The highest BCUT2D eigenvalue weighted by Crippen LogP contribution is 2.19. The second-order valence-electron chi connectivity index (χ2n) is 7.83. The third kappa shape index (κ3) is 7.39. The average Bonchev–Trinajstić information content (AvgIpc) is 3.19. The largest absolute Gasteiger partial charge is 0.357 e. The quantitative estimate of drug-likeness (QED) is 0.316. The molecule has 1 aliphatic rings. The number of aryl methyl sites for hydroxylation is 1. The van der Waals surface area contributed by atoms with Crippen molar-refractivity contribution in [3.05, 3.63) is 46.5 Å². The van der Waals surface area contributed by atoms with E-state index in [1.54, 1.807) is 11.3 Å². The minimum atomic E-state index is 0. The zero-order chi connectivity index (χ0) is 20.6. The molecule has 2 heterocycles. The predicted octanol–water partition coefficient (Wildman–Crippen LogP) is 3.86. The summed E-state index contributed by atoms with van der Waals surface area (Å²) in [4.78, 5) is 14.0. The van der Waals surface area contributed by atoms with E-state index < -0.39 is 0 Å². The Morgan fingerprint density at radius 2 is 2.00 bits per heavy atom. The number of likely N-dealkylation sites (tertiary alicyclic amines) is 1. The van der Waals surface area contributed by atoms with Crippen LogP contribution in [0.5, 0.6) is 0 Å². The van der Waals surface area contributed by atoms with E-state index in [0.717, 1.165) is 55.8 Å². The van der Waals surface area contributed by atoms with Crippen LogP contribution in [-0.4, -0.2) is 55.6 Å². The lowest BCUT2D eigenvalue weighted by atomic mass is 10.0. The van der Waals surface area contributed by atoms with Gasteiger partial charge in [0.2, 0.25) is 0 Å². The van der Waals surface area contributed by atoms with Crippen molar-refractivity contribution in [1.29, 1.82) is 0 Å². The van der Waals surface area contributed by atoms with E-state index in [9.17, 15) is 0 Å². The standard InChI is InChI=1S/C22H34N6S.HI/c1-5-23-21(24-14-20-16-29-22(26-20)27(3)4)25-19-10-12-28(13-11-19)15-18-9-7-6-8-17(18)2;/h6-9,16,19H,5,10-15H2,1-4H3,(H2,23,24,25);1H. The van der Waals surface area contributed by atoms with Crippen molar-refractivity contribution in [1.82, 2.24) is 20.5 Å². The van der Waals surface area contributed by atoms with E-state index in [4.69, 9.17) is 4.99 Å². The van der Waals surface area contributed by atoms with Crippen molar-refractivity contribution in [2.75, 3.05) is 38.6 Å². The van der Waals surface area contributed by atoms with Crippen molar-refractivity contribution >= 4 is 46.4 Å². The molecule has 1 aromatic heterocycles. The summed E-state index contributed by atoms with van der Waals surface area (Å²) in [7, 11) is 4.03. The molecule has 30 heavy (non-hydrogen) atoms. The van der Waals surface area contributed by atoms with Gasteiger partial charge in [-0.2, -0.15) is 0 Å². The van der Waals surface area contributed by atoms with Gasteiger partial charge in [-0.15, -0.1) is 35.3 Å². The van der Waals surface area contributed by atoms with Crippen LogP contribution in [-0.2, 0) is 13.1 Å². The minimum Gasteiger partial charge on any atom is -0.357 e. The van der Waals surface area contributed by atoms with E-state index in [1.165, 1.54) is 11.1 Å². The van der Waals surface area contributed by atoms with Crippen LogP contribution < -0.4 is 15.5 Å². The Morgan fingerprint density at radius 3 is 2.63 bits per heavy atom. The first-order chi connectivity index (χ1) is 14.0. The van der Waals surface area contributed by atoms with Crippen molar-refractivity contribution < 1.29 is 0 Å². The number of nitrogens with zero attached hydrogens (tertiary/aromatic N) is 4. The Bertz CT molecular complexity index is 798. The molecule has 1 aliphatic heterocycles. The van der Waals surface area contributed by atoms with Crippen LogP contribution in [0, 0.1) is 6.92 Å². The predicted molar refractivity (Wildman–Crippen MR) is 139 cm³/mol. The van der Waals surface area contributed by atoms with Gasteiger partial charge >= 0.3 is 0 Å². The number of anilines is 1. The van der Waals surface area contributed by atoms with Gasteiger partial charge in [0.15, 0.2) is 11.1 Å². The molecular weight excluding hydrogens is 507 g/mol. The lowest BCUT2D eigenvalue weighted by molar-refractivity contribution is 0.198. The van der Waals surface area contributed by atoms with Gasteiger partial charge in [0.05, 0.1) is 12.2 Å². The number of hydrogen-bond donors (Lipinski definition) is 2. The SMILES string of the molecule is CCNC(=NCc1csc(N(C)C)n1)NC1CCN(Cc2ccccc2C)CC1.I. The number of halogens is 1. The summed E-state index contributed by atoms with van der Waals surface area (Å²) < 4.78 is 0. The summed E-state index contributed by atoms with van der Waals surface area (Å²) in [5, 5.41) is 10.1. The summed E-state index contributed by atoms with van der Waals surface area (Å²) in [6.45, 7) is 9.05. The number of rotatable bonds is 7. The molecule has 1 aromatic carbocycles. The van der Waals surface area contributed by atoms with Crippen LogP contribution in [0.3, 0.4) is 0 Å². The zero-order valence-electron chi connectivity index (χ0n) is 18.5. The molecule has 0 amide bonds. The first-order valence-electron chi connectivity index (χ1n) is 10.5. The van der Waals surface area contributed by atoms with Crippen LogP contribution >= 0.6 is 35.3 Å². The van der Waals surface area contributed by atoms with Gasteiger partial charge < -0.3 is 15.5 Å². The lowest BCUT2D eigenvalue weighted by Gasteiger charge is -2.33. The van der Waals surface area contributed by atoms with Gasteiger partial charge in [0.25, 0.3) is 0 Å². The van der Waals surface area contributed by atoms with Crippen molar-refractivity contribution in [3.63, 3.8) is 0 Å². The van der Waals surface area contributed by atoms with E-state index in [2.05, 4.69) is 64.0 Å². The fourth-order valence-electron chi connectivity index (χ4n) is 3.51. The zero-order valence-corrected chi connectivity index (χ0v) is 21.7. The van der Waals surface area contributed by atoms with Crippen LogP contribution in [0.25, 0.3) is 0 Å². The van der Waals surface area contributed by atoms with Crippen LogP contribution in [0.15, 0.2) is 34.6 Å². The van der Waals surface area contributed by atoms with Gasteiger partial charge in [-0.3, -0.25) is 4.90 Å². The topological polar surface area (TPSA) is 55.8 Å². The van der Waals surface area contributed by atoms with Gasteiger partial charge in [0, 0.05) is 51.7 Å². The highest BCUT2D eigenvalue weighted by Gasteiger charge is 2.20. The van der Waals surface area contributed by atoms with Gasteiger partial charge in [-0.25, -0.2) is 9.98 Å². The molecule has 166 valence electrons. The fourth-order valence-corrected chi connectivity index (χ4v) is 4.26. The molecule has 6 nitrogen and oxygen atoms in total. The number of nitrogens with one attached hydrogen (secondary N) is 2. The molecule has 0 bridgehead atoms. The molecule has 1 saturated heterocycles. The maximum Gasteiger partial charge on any atom is 0.191 e. The normalized spacial score (nSPS) is 15.5. The molecule has 1 fully saturated rings. The number of aromatic nitrogens is 1. The smallest absolute Gasteiger partial charge is 0.191 e. The number of hydrogen-bond acceptors (Lipinski definition) is 5. The van der Waals surface area contributed by atoms with E-state index in [-0.39, 0.29) is 24.0 Å². The Hall–Kier alpha value is -1.39. The number of guanidine groups is 1. The number of aliphatic imine (C=N–C) groups is 1. The van der Waals surface area contributed by atoms with Gasteiger partial charge in [-0.05, 0) is 37.8 Å². The molecule has 0 atom stereocenters. The van der Waals surface area contributed by atoms with Crippen LogP contribution in [0.1, 0.15) is 36.6 Å². The summed E-state index contributed by atoms with van der Waals surface area (Å²) in [5.74, 6) is 0.893. The second kappa shape index (κ2) is 12.5. The summed E-state index contributed by atoms with van der Waals surface area (Å²) in [6.07, 6.45) is 2.27. The summed E-state index contributed by atoms with van der Waals surface area (Å²) in [5.41, 5.74) is 3.84. The van der Waals surface area contributed by atoms with Crippen molar-refractivity contribution in [3.8, 4) is 0 Å². The Balaban J connectivity index is 0.00000320. The second-order valence-corrected chi connectivity index (χ2v) is 8.67. The Morgan fingerprint density at radius 1 is 1.27 bits per heavy atom. The van der Waals surface area contributed by atoms with Gasteiger partial charge in [-0.1, -0.05) is 24.3 Å². The average molecular weight is 543 g/mol. The summed E-state index contributed by atoms with van der Waals surface area (Å²) >= 11 is 1.66. The molecule has 2 aromatic rings. The Labute approximate surface area is 202 Å².